The van der Waals surface area contributed by atoms with Crippen molar-refractivity contribution in [1.82, 2.24) is 14.8 Å². The van der Waals surface area contributed by atoms with Crippen LogP contribution in [0, 0.1) is 12.8 Å². The van der Waals surface area contributed by atoms with E-state index in [4.69, 9.17) is 5.73 Å². The summed E-state index contributed by atoms with van der Waals surface area (Å²) in [4.78, 5) is 0. The van der Waals surface area contributed by atoms with Crippen molar-refractivity contribution in [2.24, 2.45) is 11.7 Å². The number of aryl methyl sites for hydroxylation is 1. The summed E-state index contributed by atoms with van der Waals surface area (Å²) in [6, 6.07) is 0.170. The Balaban J connectivity index is 2.76. The molecule has 4 nitrogen and oxygen atoms in total. The number of hydrogen-bond donors (Lipinski definition) is 1. The molecule has 14 heavy (non-hydrogen) atoms. The van der Waals surface area contributed by atoms with Gasteiger partial charge >= 0.3 is 0 Å². The molecule has 0 radical (unpaired) electrons. The zero-order chi connectivity index (χ0) is 10.7. The molecule has 2 N–H and O–H groups in total. The molecule has 0 aliphatic rings. The Morgan fingerprint density at radius 1 is 1.36 bits per heavy atom. The molecule has 1 atom stereocenters. The minimum absolute atomic E-state index is 0.170. The fourth-order valence-electron chi connectivity index (χ4n) is 1.43. The van der Waals surface area contributed by atoms with E-state index in [9.17, 15) is 0 Å². The third-order valence-electron chi connectivity index (χ3n) is 2.60. The first-order valence-electron chi connectivity index (χ1n) is 5.20. The van der Waals surface area contributed by atoms with Crippen LogP contribution in [0.1, 0.15) is 32.4 Å². The lowest BCUT2D eigenvalue weighted by molar-refractivity contribution is 0.471. The van der Waals surface area contributed by atoms with Gasteiger partial charge < -0.3 is 10.3 Å². The van der Waals surface area contributed by atoms with Gasteiger partial charge in [-0.1, -0.05) is 13.8 Å². The minimum atomic E-state index is 0.170. The van der Waals surface area contributed by atoms with E-state index >= 15 is 0 Å². The van der Waals surface area contributed by atoms with Gasteiger partial charge in [0, 0.05) is 19.0 Å². The lowest BCUT2D eigenvalue weighted by Gasteiger charge is -2.15. The van der Waals surface area contributed by atoms with Crippen LogP contribution < -0.4 is 5.73 Å². The third kappa shape index (κ3) is 2.32. The predicted molar refractivity (Wildman–Crippen MR) is 57.0 cm³/mol. The molecule has 0 aromatic carbocycles. The Kier molecular flexibility index (Phi) is 3.63. The van der Waals surface area contributed by atoms with Crippen molar-refractivity contribution in [3.63, 3.8) is 0 Å². The number of nitrogens with two attached hydrogens (primary N) is 1. The highest BCUT2D eigenvalue weighted by Crippen LogP contribution is 2.08. The summed E-state index contributed by atoms with van der Waals surface area (Å²) in [5.74, 6) is 2.46. The molecule has 1 aromatic rings. The molecule has 0 bridgehead atoms. The zero-order valence-corrected chi connectivity index (χ0v) is 9.49. The van der Waals surface area contributed by atoms with Gasteiger partial charge in [-0.3, -0.25) is 0 Å². The van der Waals surface area contributed by atoms with Crippen LogP contribution in [-0.4, -0.2) is 20.8 Å². The highest BCUT2D eigenvalue weighted by atomic mass is 15.3. The maximum atomic E-state index is 6.00. The van der Waals surface area contributed by atoms with Crippen LogP contribution >= 0.6 is 0 Å². The van der Waals surface area contributed by atoms with E-state index in [0.717, 1.165) is 24.6 Å². The summed E-state index contributed by atoms with van der Waals surface area (Å²) >= 11 is 0. The van der Waals surface area contributed by atoms with Crippen molar-refractivity contribution in [2.45, 2.75) is 46.7 Å². The van der Waals surface area contributed by atoms with Gasteiger partial charge in [-0.25, -0.2) is 0 Å². The molecule has 0 aliphatic heterocycles. The topological polar surface area (TPSA) is 56.7 Å². The average Bonchev–Trinajstić information content (AvgIpc) is 2.46. The average molecular weight is 196 g/mol. The normalized spacial score (nSPS) is 13.6. The van der Waals surface area contributed by atoms with Crippen LogP contribution in [0.2, 0.25) is 0 Å². The van der Waals surface area contributed by atoms with Gasteiger partial charge in [0.1, 0.15) is 11.6 Å². The van der Waals surface area contributed by atoms with Crippen molar-refractivity contribution in [1.29, 1.82) is 0 Å². The summed E-state index contributed by atoms with van der Waals surface area (Å²) in [5.41, 5.74) is 6.00. The second-order valence-corrected chi connectivity index (χ2v) is 4.02. The summed E-state index contributed by atoms with van der Waals surface area (Å²) in [7, 11) is 0. The van der Waals surface area contributed by atoms with Gasteiger partial charge in [-0.2, -0.15) is 0 Å². The van der Waals surface area contributed by atoms with Crippen molar-refractivity contribution in [3.05, 3.63) is 11.6 Å². The van der Waals surface area contributed by atoms with Crippen molar-refractivity contribution < 1.29 is 0 Å². The van der Waals surface area contributed by atoms with Crippen LogP contribution in [0.15, 0.2) is 0 Å². The Morgan fingerprint density at radius 3 is 2.50 bits per heavy atom. The standard InChI is InChI=1S/C10H20N4/c1-5-14-8(4)12-13-10(14)6-9(11)7(2)3/h7,9H,5-6,11H2,1-4H3. The van der Waals surface area contributed by atoms with E-state index in [0.29, 0.717) is 5.92 Å². The van der Waals surface area contributed by atoms with Gasteiger partial charge in [0.15, 0.2) is 0 Å². The molecular formula is C10H20N4. The van der Waals surface area contributed by atoms with Gasteiger partial charge in [0.05, 0.1) is 0 Å². The number of aromatic nitrogens is 3. The lowest BCUT2D eigenvalue weighted by Crippen LogP contribution is -2.30. The summed E-state index contributed by atoms with van der Waals surface area (Å²) in [6.07, 6.45) is 0.812. The Hall–Kier alpha value is -0.900. The summed E-state index contributed by atoms with van der Waals surface area (Å²) < 4.78 is 2.11. The van der Waals surface area contributed by atoms with E-state index in [1.165, 1.54) is 0 Å². The number of nitrogens with zero attached hydrogens (tertiary/aromatic N) is 3. The van der Waals surface area contributed by atoms with Crippen LogP contribution in [0.3, 0.4) is 0 Å². The summed E-state index contributed by atoms with van der Waals surface area (Å²) in [5, 5.41) is 8.20. The summed E-state index contributed by atoms with van der Waals surface area (Å²) in [6.45, 7) is 9.25. The zero-order valence-electron chi connectivity index (χ0n) is 9.49. The first-order valence-corrected chi connectivity index (χ1v) is 5.20. The molecule has 0 aliphatic carbocycles. The minimum Gasteiger partial charge on any atom is -0.327 e. The predicted octanol–water partition coefficient (Wildman–Crippen LogP) is 1.13. The molecule has 1 rings (SSSR count). The Labute approximate surface area is 85.5 Å². The quantitative estimate of drug-likeness (QED) is 0.785. The van der Waals surface area contributed by atoms with Crippen LogP contribution in [0.5, 0.6) is 0 Å². The smallest absolute Gasteiger partial charge is 0.134 e. The second kappa shape index (κ2) is 4.55. The Morgan fingerprint density at radius 2 is 2.00 bits per heavy atom. The van der Waals surface area contributed by atoms with E-state index in [1.54, 1.807) is 0 Å². The molecule has 0 spiro atoms. The highest BCUT2D eigenvalue weighted by molar-refractivity contribution is 4.96. The van der Waals surface area contributed by atoms with Crippen molar-refractivity contribution in [3.8, 4) is 0 Å². The van der Waals surface area contributed by atoms with Gasteiger partial charge in [-0.05, 0) is 19.8 Å². The molecule has 4 heteroatoms. The van der Waals surface area contributed by atoms with E-state index in [1.807, 2.05) is 6.92 Å². The first kappa shape index (κ1) is 11.2. The maximum Gasteiger partial charge on any atom is 0.134 e. The van der Waals surface area contributed by atoms with Crippen LogP contribution in [0.4, 0.5) is 0 Å². The van der Waals surface area contributed by atoms with E-state index in [-0.39, 0.29) is 6.04 Å². The molecular weight excluding hydrogens is 176 g/mol. The molecule has 80 valence electrons. The lowest BCUT2D eigenvalue weighted by atomic mass is 10.0. The molecule has 1 unspecified atom stereocenters. The molecule has 1 aromatic heterocycles. The SMILES string of the molecule is CCn1c(C)nnc1CC(N)C(C)C. The van der Waals surface area contributed by atoms with Crippen LogP contribution in [-0.2, 0) is 13.0 Å². The maximum absolute atomic E-state index is 6.00. The monoisotopic (exact) mass is 196 g/mol. The Bertz CT molecular complexity index is 290. The first-order chi connectivity index (χ1) is 6.56. The number of rotatable bonds is 4. The van der Waals surface area contributed by atoms with E-state index < -0.39 is 0 Å². The van der Waals surface area contributed by atoms with Gasteiger partial charge in [-0.15, -0.1) is 10.2 Å². The third-order valence-corrected chi connectivity index (χ3v) is 2.60. The largest absolute Gasteiger partial charge is 0.327 e. The molecule has 0 fully saturated rings. The van der Waals surface area contributed by atoms with Gasteiger partial charge in [0.25, 0.3) is 0 Å². The molecule has 0 amide bonds. The number of hydrogen-bond acceptors (Lipinski definition) is 3. The van der Waals surface area contributed by atoms with Crippen molar-refractivity contribution >= 4 is 0 Å². The van der Waals surface area contributed by atoms with Crippen LogP contribution in [0.25, 0.3) is 0 Å². The fourth-order valence-corrected chi connectivity index (χ4v) is 1.43. The molecule has 0 saturated carbocycles. The van der Waals surface area contributed by atoms with Gasteiger partial charge in [0.2, 0.25) is 0 Å². The van der Waals surface area contributed by atoms with E-state index in [2.05, 4.69) is 35.5 Å². The van der Waals surface area contributed by atoms with Crippen molar-refractivity contribution in [2.75, 3.05) is 0 Å². The fraction of sp³-hybridized carbons (Fsp3) is 0.800. The highest BCUT2D eigenvalue weighted by Gasteiger charge is 2.13. The molecule has 1 heterocycles. The molecule has 0 saturated heterocycles. The second-order valence-electron chi connectivity index (χ2n) is 4.02.